The first-order valence-electron chi connectivity index (χ1n) is 5.73. The molecule has 0 spiro atoms. The summed E-state index contributed by atoms with van der Waals surface area (Å²) in [5.74, 6) is 0.354. The number of hydrogen-bond acceptors (Lipinski definition) is 3. The minimum absolute atomic E-state index is 0.0137. The van der Waals surface area contributed by atoms with Crippen molar-refractivity contribution >= 4 is 34.8 Å². The molecule has 18 heavy (non-hydrogen) atoms. The molecular formula is C12H14Cl2N2O2. The van der Waals surface area contributed by atoms with Crippen molar-refractivity contribution in [3.8, 4) is 5.75 Å². The summed E-state index contributed by atoms with van der Waals surface area (Å²) in [5, 5.41) is 3.57. The van der Waals surface area contributed by atoms with Gasteiger partial charge in [-0.2, -0.15) is 0 Å². The van der Waals surface area contributed by atoms with E-state index in [1.807, 2.05) is 0 Å². The molecular weight excluding hydrogens is 275 g/mol. The van der Waals surface area contributed by atoms with Gasteiger partial charge >= 0.3 is 0 Å². The number of anilines is 1. The van der Waals surface area contributed by atoms with Gasteiger partial charge in [0.25, 0.3) is 0 Å². The molecule has 0 radical (unpaired) electrons. The van der Waals surface area contributed by atoms with Gasteiger partial charge in [0.05, 0.1) is 23.1 Å². The Bertz CT molecular complexity index is 438. The normalized spacial score (nSPS) is 14.3. The first kappa shape index (κ1) is 13.3. The van der Waals surface area contributed by atoms with Crippen LogP contribution in [0.5, 0.6) is 5.75 Å². The largest absolute Gasteiger partial charge is 0.490 e. The van der Waals surface area contributed by atoms with E-state index in [0.29, 0.717) is 27.5 Å². The molecule has 0 saturated heterocycles. The molecule has 0 heterocycles. The van der Waals surface area contributed by atoms with E-state index in [-0.39, 0.29) is 18.9 Å². The van der Waals surface area contributed by atoms with Crippen molar-refractivity contribution in [2.45, 2.75) is 25.3 Å². The molecule has 0 aromatic heterocycles. The molecule has 6 heteroatoms. The lowest BCUT2D eigenvalue weighted by Gasteiger charge is -2.10. The van der Waals surface area contributed by atoms with Crippen LogP contribution in [0.3, 0.4) is 0 Å². The minimum atomic E-state index is -0.0137. The maximum Gasteiger partial charge on any atom is 0.223 e. The third-order valence-electron chi connectivity index (χ3n) is 2.54. The molecule has 0 unspecified atom stereocenters. The monoisotopic (exact) mass is 288 g/mol. The fourth-order valence-electron chi connectivity index (χ4n) is 1.49. The lowest BCUT2D eigenvalue weighted by molar-refractivity contribution is -0.121. The van der Waals surface area contributed by atoms with Crippen LogP contribution < -0.4 is 15.8 Å². The Kier molecular flexibility index (Phi) is 4.19. The van der Waals surface area contributed by atoms with E-state index in [9.17, 15) is 4.79 Å². The van der Waals surface area contributed by atoms with E-state index < -0.39 is 0 Å². The van der Waals surface area contributed by atoms with Crippen LogP contribution in [0.1, 0.15) is 19.3 Å². The summed E-state index contributed by atoms with van der Waals surface area (Å²) in [6.07, 6.45) is 2.43. The fraction of sp³-hybridized carbons (Fsp3) is 0.417. The van der Waals surface area contributed by atoms with Gasteiger partial charge in [0, 0.05) is 11.7 Å². The molecule has 2 rings (SSSR count). The van der Waals surface area contributed by atoms with Crippen LogP contribution in [0.4, 0.5) is 5.69 Å². The van der Waals surface area contributed by atoms with Gasteiger partial charge in [-0.3, -0.25) is 4.79 Å². The summed E-state index contributed by atoms with van der Waals surface area (Å²) in [6, 6.07) is 3.49. The van der Waals surface area contributed by atoms with Crippen molar-refractivity contribution < 1.29 is 9.53 Å². The van der Waals surface area contributed by atoms with Crippen LogP contribution in [-0.4, -0.2) is 18.6 Å². The number of nitrogens with two attached hydrogens (primary N) is 1. The maximum absolute atomic E-state index is 11.4. The summed E-state index contributed by atoms with van der Waals surface area (Å²) in [7, 11) is 0. The smallest absolute Gasteiger partial charge is 0.223 e. The highest BCUT2D eigenvalue weighted by molar-refractivity contribution is 6.37. The Morgan fingerprint density at radius 2 is 2.00 bits per heavy atom. The molecule has 4 nitrogen and oxygen atoms in total. The summed E-state index contributed by atoms with van der Waals surface area (Å²) < 4.78 is 5.41. The number of benzene rings is 1. The van der Waals surface area contributed by atoms with Gasteiger partial charge in [-0.1, -0.05) is 23.2 Å². The van der Waals surface area contributed by atoms with Gasteiger partial charge in [-0.25, -0.2) is 0 Å². The molecule has 1 amide bonds. The Labute approximate surface area is 115 Å². The van der Waals surface area contributed by atoms with Gasteiger partial charge < -0.3 is 15.8 Å². The van der Waals surface area contributed by atoms with E-state index in [2.05, 4.69) is 5.32 Å². The summed E-state index contributed by atoms with van der Waals surface area (Å²) in [6.45, 7) is 0.238. The molecule has 1 aliphatic carbocycles. The number of carbonyl (C=O) groups excluding carboxylic acids is 1. The van der Waals surface area contributed by atoms with Crippen molar-refractivity contribution in [2.24, 2.45) is 0 Å². The van der Waals surface area contributed by atoms with Crippen LogP contribution in [0.2, 0.25) is 10.0 Å². The zero-order chi connectivity index (χ0) is 13.1. The molecule has 1 saturated carbocycles. The van der Waals surface area contributed by atoms with Crippen LogP contribution in [0, 0.1) is 0 Å². The molecule has 1 aromatic carbocycles. The number of ether oxygens (including phenoxy) is 1. The van der Waals surface area contributed by atoms with Crippen molar-refractivity contribution in [3.05, 3.63) is 22.2 Å². The fourth-order valence-corrected chi connectivity index (χ4v) is 2.10. The maximum atomic E-state index is 11.4. The second kappa shape index (κ2) is 5.67. The van der Waals surface area contributed by atoms with Crippen LogP contribution in [0.25, 0.3) is 0 Å². The highest BCUT2D eigenvalue weighted by atomic mass is 35.5. The van der Waals surface area contributed by atoms with Crippen molar-refractivity contribution in [1.29, 1.82) is 0 Å². The molecule has 1 fully saturated rings. The van der Waals surface area contributed by atoms with Gasteiger partial charge in [0.1, 0.15) is 0 Å². The number of hydrogen-bond donors (Lipinski definition) is 2. The number of nitrogen functional groups attached to an aromatic ring is 1. The molecule has 0 atom stereocenters. The lowest BCUT2D eigenvalue weighted by Crippen LogP contribution is -2.26. The second-order valence-corrected chi connectivity index (χ2v) is 5.07. The van der Waals surface area contributed by atoms with E-state index >= 15 is 0 Å². The second-order valence-electron chi connectivity index (χ2n) is 4.25. The summed E-state index contributed by atoms with van der Waals surface area (Å²) in [5.41, 5.74) is 6.05. The van der Waals surface area contributed by atoms with Crippen molar-refractivity contribution in [2.75, 3.05) is 12.3 Å². The average molecular weight is 289 g/mol. The topological polar surface area (TPSA) is 64.3 Å². The number of halogens is 2. The molecule has 0 bridgehead atoms. The number of amides is 1. The molecule has 3 N–H and O–H groups in total. The first-order chi connectivity index (χ1) is 8.56. The Morgan fingerprint density at radius 1 is 1.39 bits per heavy atom. The third kappa shape index (κ3) is 3.68. The SMILES string of the molecule is Nc1cc(Cl)c(OCCC(=O)NC2CC2)c(Cl)c1. The zero-order valence-corrected chi connectivity index (χ0v) is 11.2. The quantitative estimate of drug-likeness (QED) is 0.819. The predicted octanol–water partition coefficient (Wildman–Crippen LogP) is 2.62. The minimum Gasteiger partial charge on any atom is -0.490 e. The van der Waals surface area contributed by atoms with E-state index in [4.69, 9.17) is 33.7 Å². The van der Waals surface area contributed by atoms with Gasteiger partial charge in [-0.05, 0) is 25.0 Å². The van der Waals surface area contributed by atoms with Gasteiger partial charge in [0.2, 0.25) is 5.91 Å². The summed E-state index contributed by atoms with van der Waals surface area (Å²) in [4.78, 5) is 11.4. The van der Waals surface area contributed by atoms with Crippen LogP contribution in [-0.2, 0) is 4.79 Å². The van der Waals surface area contributed by atoms with Crippen molar-refractivity contribution in [1.82, 2.24) is 5.32 Å². The molecule has 98 valence electrons. The number of rotatable bonds is 5. The standard InChI is InChI=1S/C12H14Cl2N2O2/c13-9-5-7(15)6-10(14)12(9)18-4-3-11(17)16-8-1-2-8/h5-6,8H,1-4,15H2,(H,16,17). The molecule has 0 aliphatic heterocycles. The van der Waals surface area contributed by atoms with E-state index in [0.717, 1.165) is 12.8 Å². The molecule has 1 aliphatic rings. The van der Waals surface area contributed by atoms with E-state index in [1.54, 1.807) is 12.1 Å². The van der Waals surface area contributed by atoms with Gasteiger partial charge in [-0.15, -0.1) is 0 Å². The Hall–Kier alpha value is -1.13. The first-order valence-corrected chi connectivity index (χ1v) is 6.48. The van der Waals surface area contributed by atoms with E-state index in [1.165, 1.54) is 0 Å². The highest BCUT2D eigenvalue weighted by Gasteiger charge is 2.23. The summed E-state index contributed by atoms with van der Waals surface area (Å²) >= 11 is 11.9. The Morgan fingerprint density at radius 3 is 2.56 bits per heavy atom. The average Bonchev–Trinajstić information content (AvgIpc) is 3.05. The molecule has 1 aromatic rings. The Balaban J connectivity index is 1.84. The number of carbonyl (C=O) groups is 1. The van der Waals surface area contributed by atoms with Gasteiger partial charge in [0.15, 0.2) is 5.75 Å². The number of nitrogens with one attached hydrogen (secondary N) is 1. The highest BCUT2D eigenvalue weighted by Crippen LogP contribution is 2.35. The van der Waals surface area contributed by atoms with Crippen LogP contribution >= 0.6 is 23.2 Å². The van der Waals surface area contributed by atoms with Crippen LogP contribution in [0.15, 0.2) is 12.1 Å². The van der Waals surface area contributed by atoms with Crippen molar-refractivity contribution in [3.63, 3.8) is 0 Å². The zero-order valence-electron chi connectivity index (χ0n) is 9.71. The third-order valence-corrected chi connectivity index (χ3v) is 3.10. The predicted molar refractivity (Wildman–Crippen MR) is 72.2 cm³/mol. The lowest BCUT2D eigenvalue weighted by atomic mass is 10.3.